The van der Waals surface area contributed by atoms with E-state index in [4.69, 9.17) is 9.47 Å². The number of rotatable bonds is 21. The van der Waals surface area contributed by atoms with E-state index in [-0.39, 0.29) is 23.8 Å². The van der Waals surface area contributed by atoms with E-state index in [1.807, 2.05) is 6.92 Å². The molecule has 0 saturated carbocycles. The predicted octanol–water partition coefficient (Wildman–Crippen LogP) is 7.63. The third-order valence-electron chi connectivity index (χ3n) is 5.88. The first-order valence-electron chi connectivity index (χ1n) is 12.9. The topological polar surface area (TPSA) is 52.6 Å². The molecule has 0 bridgehead atoms. The molecule has 0 aliphatic carbocycles. The fraction of sp³-hybridized carbons (Fsp3) is 0.923. The average Bonchev–Trinajstić information content (AvgIpc) is 2.74. The minimum absolute atomic E-state index is 0.0104. The molecule has 2 unspecified atom stereocenters. The molecule has 4 nitrogen and oxygen atoms in total. The lowest BCUT2D eigenvalue weighted by Gasteiger charge is -2.13. The van der Waals surface area contributed by atoms with Crippen molar-refractivity contribution in [3.8, 4) is 0 Å². The largest absolute Gasteiger partial charge is 0.465 e. The number of ether oxygens (including phenoxy) is 2. The van der Waals surface area contributed by atoms with Gasteiger partial charge in [0.1, 0.15) is 0 Å². The molecule has 0 aromatic carbocycles. The van der Waals surface area contributed by atoms with Crippen LogP contribution in [0.1, 0.15) is 130 Å². The van der Waals surface area contributed by atoms with Gasteiger partial charge in [-0.3, -0.25) is 9.59 Å². The molecule has 178 valence electrons. The highest BCUT2D eigenvalue weighted by Crippen LogP contribution is 2.15. The number of carbonyl (C=O) groups excluding carboxylic acids is 2. The SMILES string of the molecule is CCCCC(CC)C(=O)OCCCCCCCCCCCCOC(=O)C(C)CCC. The Labute approximate surface area is 186 Å². The second kappa shape index (κ2) is 21.2. The van der Waals surface area contributed by atoms with Gasteiger partial charge in [0.2, 0.25) is 0 Å². The number of hydrogen-bond donors (Lipinski definition) is 0. The zero-order valence-electron chi connectivity index (χ0n) is 20.5. The summed E-state index contributed by atoms with van der Waals surface area (Å²) < 4.78 is 10.8. The molecule has 0 rings (SSSR count). The summed E-state index contributed by atoms with van der Waals surface area (Å²) in [7, 11) is 0. The van der Waals surface area contributed by atoms with E-state index in [0.29, 0.717) is 13.2 Å². The molecule has 0 radical (unpaired) electrons. The third-order valence-corrected chi connectivity index (χ3v) is 5.88. The van der Waals surface area contributed by atoms with Crippen molar-refractivity contribution in [2.45, 2.75) is 130 Å². The Bertz CT molecular complexity index is 408. The van der Waals surface area contributed by atoms with Crippen molar-refractivity contribution >= 4 is 11.9 Å². The Morgan fingerprint density at radius 3 is 1.50 bits per heavy atom. The van der Waals surface area contributed by atoms with E-state index >= 15 is 0 Å². The molecule has 0 N–H and O–H groups in total. The molecule has 0 saturated heterocycles. The first-order chi connectivity index (χ1) is 14.6. The fourth-order valence-corrected chi connectivity index (χ4v) is 3.71. The van der Waals surface area contributed by atoms with E-state index in [1.165, 1.54) is 38.5 Å². The van der Waals surface area contributed by atoms with Gasteiger partial charge in [-0.1, -0.05) is 98.3 Å². The van der Waals surface area contributed by atoms with Gasteiger partial charge in [-0.2, -0.15) is 0 Å². The number of unbranched alkanes of at least 4 members (excludes halogenated alkanes) is 10. The van der Waals surface area contributed by atoms with Crippen LogP contribution in [0.2, 0.25) is 0 Å². The Balaban J connectivity index is 3.37. The highest BCUT2D eigenvalue weighted by atomic mass is 16.5. The maximum Gasteiger partial charge on any atom is 0.308 e. The molecule has 4 heteroatoms. The predicted molar refractivity (Wildman–Crippen MR) is 125 cm³/mol. The number of esters is 2. The van der Waals surface area contributed by atoms with Crippen LogP contribution in [0.3, 0.4) is 0 Å². The monoisotopic (exact) mass is 426 g/mol. The molecule has 0 aliphatic rings. The quantitative estimate of drug-likeness (QED) is 0.140. The van der Waals surface area contributed by atoms with Gasteiger partial charge in [-0.15, -0.1) is 0 Å². The molecular weight excluding hydrogens is 376 g/mol. The smallest absolute Gasteiger partial charge is 0.308 e. The zero-order valence-corrected chi connectivity index (χ0v) is 20.5. The summed E-state index contributed by atoms with van der Waals surface area (Å²) in [6.45, 7) is 9.45. The van der Waals surface area contributed by atoms with Crippen LogP contribution in [0.25, 0.3) is 0 Å². The molecule has 0 fully saturated rings. The highest BCUT2D eigenvalue weighted by Gasteiger charge is 2.16. The summed E-state index contributed by atoms with van der Waals surface area (Å²) in [6.07, 6.45) is 17.9. The lowest BCUT2D eigenvalue weighted by molar-refractivity contribution is -0.149. The minimum Gasteiger partial charge on any atom is -0.465 e. The summed E-state index contributed by atoms with van der Waals surface area (Å²) in [5, 5.41) is 0. The first-order valence-corrected chi connectivity index (χ1v) is 12.9. The van der Waals surface area contributed by atoms with Gasteiger partial charge in [0, 0.05) is 0 Å². The molecule has 0 aliphatic heterocycles. The number of hydrogen-bond acceptors (Lipinski definition) is 4. The van der Waals surface area contributed by atoms with Gasteiger partial charge in [0.25, 0.3) is 0 Å². The Morgan fingerprint density at radius 1 is 0.600 bits per heavy atom. The van der Waals surface area contributed by atoms with Gasteiger partial charge in [0.05, 0.1) is 25.0 Å². The molecule has 0 aromatic heterocycles. The van der Waals surface area contributed by atoms with Crippen molar-refractivity contribution in [3.05, 3.63) is 0 Å². The van der Waals surface area contributed by atoms with Crippen molar-refractivity contribution in [2.75, 3.05) is 13.2 Å². The molecule has 0 heterocycles. The molecule has 2 atom stereocenters. The Morgan fingerprint density at radius 2 is 1.07 bits per heavy atom. The highest BCUT2D eigenvalue weighted by molar-refractivity contribution is 5.72. The first kappa shape index (κ1) is 28.9. The van der Waals surface area contributed by atoms with Crippen molar-refractivity contribution in [1.29, 1.82) is 0 Å². The summed E-state index contributed by atoms with van der Waals surface area (Å²) in [5.74, 6) is 0.118. The molecule has 0 amide bonds. The van der Waals surface area contributed by atoms with E-state index < -0.39 is 0 Å². The van der Waals surface area contributed by atoms with Crippen LogP contribution in [0.4, 0.5) is 0 Å². The maximum atomic E-state index is 12.0. The van der Waals surface area contributed by atoms with E-state index in [9.17, 15) is 9.59 Å². The normalized spacial score (nSPS) is 13.1. The van der Waals surface area contributed by atoms with Gasteiger partial charge in [0.15, 0.2) is 0 Å². The van der Waals surface area contributed by atoms with Crippen molar-refractivity contribution in [2.24, 2.45) is 11.8 Å². The number of carbonyl (C=O) groups is 2. The molecular formula is C26H50O4. The molecule has 30 heavy (non-hydrogen) atoms. The van der Waals surface area contributed by atoms with Gasteiger partial charge < -0.3 is 9.47 Å². The lowest BCUT2D eigenvalue weighted by atomic mass is 10.00. The van der Waals surface area contributed by atoms with Crippen LogP contribution in [-0.2, 0) is 19.1 Å². The summed E-state index contributed by atoms with van der Waals surface area (Å²) in [5.41, 5.74) is 0. The second-order valence-corrected chi connectivity index (χ2v) is 8.81. The standard InChI is InChI=1S/C26H50O4/c1-5-8-20-24(7-3)26(28)30-22-18-16-14-12-10-9-11-13-15-17-21-29-25(27)23(4)19-6-2/h23-24H,5-22H2,1-4H3. The lowest BCUT2D eigenvalue weighted by Crippen LogP contribution is -2.17. The molecule has 0 spiro atoms. The van der Waals surface area contributed by atoms with Crippen LogP contribution in [0.15, 0.2) is 0 Å². The van der Waals surface area contributed by atoms with Gasteiger partial charge >= 0.3 is 11.9 Å². The Kier molecular flexibility index (Phi) is 20.4. The van der Waals surface area contributed by atoms with E-state index in [1.54, 1.807) is 0 Å². The minimum atomic E-state index is -0.0340. The van der Waals surface area contributed by atoms with Crippen LogP contribution in [0.5, 0.6) is 0 Å². The average molecular weight is 427 g/mol. The zero-order chi connectivity index (χ0) is 22.5. The van der Waals surface area contributed by atoms with Crippen LogP contribution in [0, 0.1) is 11.8 Å². The van der Waals surface area contributed by atoms with Crippen molar-refractivity contribution < 1.29 is 19.1 Å². The molecule has 0 aromatic rings. The van der Waals surface area contributed by atoms with Crippen LogP contribution < -0.4 is 0 Å². The van der Waals surface area contributed by atoms with Gasteiger partial charge in [-0.05, 0) is 32.1 Å². The summed E-state index contributed by atoms with van der Waals surface area (Å²) in [6, 6.07) is 0. The van der Waals surface area contributed by atoms with Crippen molar-refractivity contribution in [3.63, 3.8) is 0 Å². The van der Waals surface area contributed by atoms with Gasteiger partial charge in [-0.25, -0.2) is 0 Å². The maximum absolute atomic E-state index is 12.0. The fourth-order valence-electron chi connectivity index (χ4n) is 3.71. The summed E-state index contributed by atoms with van der Waals surface area (Å²) in [4.78, 5) is 23.7. The van der Waals surface area contributed by atoms with Crippen LogP contribution in [-0.4, -0.2) is 25.2 Å². The third kappa shape index (κ3) is 16.7. The second-order valence-electron chi connectivity index (χ2n) is 8.81. The van der Waals surface area contributed by atoms with Crippen LogP contribution >= 0.6 is 0 Å². The van der Waals surface area contributed by atoms with E-state index in [0.717, 1.165) is 64.2 Å². The van der Waals surface area contributed by atoms with Crippen molar-refractivity contribution in [1.82, 2.24) is 0 Å². The summed E-state index contributed by atoms with van der Waals surface area (Å²) >= 11 is 0. The Hall–Kier alpha value is -1.06. The van der Waals surface area contributed by atoms with E-state index in [2.05, 4.69) is 20.8 Å².